The first-order valence-corrected chi connectivity index (χ1v) is 5.40. The van der Waals surface area contributed by atoms with Gasteiger partial charge >= 0.3 is 0 Å². The highest BCUT2D eigenvalue weighted by molar-refractivity contribution is 5.95. The molecule has 0 aliphatic heterocycles. The second kappa shape index (κ2) is 4.91. The van der Waals surface area contributed by atoms with Crippen LogP contribution in [-0.4, -0.2) is 15.6 Å². The van der Waals surface area contributed by atoms with Crippen molar-refractivity contribution in [3.8, 4) is 0 Å². The highest BCUT2D eigenvalue weighted by atomic mass is 19.1. The Labute approximate surface area is 103 Å². The molecule has 1 aromatic carbocycles. The smallest absolute Gasteiger partial charge is 0.267 e. The van der Waals surface area contributed by atoms with E-state index in [0.29, 0.717) is 5.69 Å². The molecule has 0 spiro atoms. The first-order chi connectivity index (χ1) is 8.56. The topological polar surface area (TPSA) is 52.0 Å². The van der Waals surface area contributed by atoms with E-state index in [1.165, 1.54) is 24.3 Å². The van der Waals surface area contributed by atoms with Crippen molar-refractivity contribution in [2.24, 2.45) is 0 Å². The molecular formula is C13H11FN2O2. The Morgan fingerprint density at radius 2 is 2.11 bits per heavy atom. The predicted molar refractivity (Wildman–Crippen MR) is 64.0 cm³/mol. The van der Waals surface area contributed by atoms with Gasteiger partial charge in [0.2, 0.25) is 0 Å². The van der Waals surface area contributed by atoms with E-state index in [1.807, 2.05) is 0 Å². The fourth-order valence-corrected chi connectivity index (χ4v) is 1.55. The van der Waals surface area contributed by atoms with E-state index in [4.69, 9.17) is 0 Å². The second-order valence-corrected chi connectivity index (χ2v) is 3.90. The number of halogens is 1. The zero-order valence-electron chi connectivity index (χ0n) is 9.76. The highest BCUT2D eigenvalue weighted by Crippen LogP contribution is 2.05. The number of aryl methyl sites for hydroxylation is 1. The molecular weight excluding hydrogens is 235 g/mol. The van der Waals surface area contributed by atoms with E-state index in [-0.39, 0.29) is 23.5 Å². The lowest BCUT2D eigenvalue weighted by Gasteiger charge is -2.04. The van der Waals surface area contributed by atoms with Crippen LogP contribution in [0.25, 0.3) is 0 Å². The molecule has 0 amide bonds. The maximum Gasteiger partial charge on any atom is 0.267 e. The van der Waals surface area contributed by atoms with Crippen LogP contribution in [0.2, 0.25) is 0 Å². The molecule has 0 aliphatic rings. The molecule has 1 heterocycles. The van der Waals surface area contributed by atoms with Gasteiger partial charge in [-0.1, -0.05) is 12.1 Å². The van der Waals surface area contributed by atoms with Crippen molar-refractivity contribution in [3.05, 3.63) is 63.8 Å². The summed E-state index contributed by atoms with van der Waals surface area (Å²) >= 11 is 0. The van der Waals surface area contributed by atoms with Crippen LogP contribution < -0.4 is 5.56 Å². The minimum Gasteiger partial charge on any atom is -0.292 e. The second-order valence-electron chi connectivity index (χ2n) is 3.90. The molecule has 18 heavy (non-hydrogen) atoms. The molecule has 4 nitrogen and oxygen atoms in total. The summed E-state index contributed by atoms with van der Waals surface area (Å²) < 4.78 is 14.0. The number of hydrogen-bond acceptors (Lipinski definition) is 3. The van der Waals surface area contributed by atoms with Crippen LogP contribution >= 0.6 is 0 Å². The Morgan fingerprint density at radius 1 is 1.33 bits per heavy atom. The van der Waals surface area contributed by atoms with Gasteiger partial charge in [-0.2, -0.15) is 5.10 Å². The lowest BCUT2D eigenvalue weighted by Crippen LogP contribution is -2.26. The number of rotatable bonds is 3. The van der Waals surface area contributed by atoms with Crippen LogP contribution in [0.3, 0.4) is 0 Å². The Hall–Kier alpha value is -2.30. The van der Waals surface area contributed by atoms with E-state index < -0.39 is 5.82 Å². The molecule has 2 aromatic rings. The molecule has 0 atom stereocenters. The van der Waals surface area contributed by atoms with Crippen molar-refractivity contribution in [3.63, 3.8) is 0 Å². The minimum absolute atomic E-state index is 0.191. The molecule has 0 bridgehead atoms. The van der Waals surface area contributed by atoms with Crippen LogP contribution in [0.5, 0.6) is 0 Å². The fraction of sp³-hybridized carbons (Fsp3) is 0.154. The van der Waals surface area contributed by atoms with Crippen LogP contribution in [-0.2, 0) is 6.54 Å². The molecule has 2 rings (SSSR count). The van der Waals surface area contributed by atoms with Gasteiger partial charge in [-0.05, 0) is 25.1 Å². The summed E-state index contributed by atoms with van der Waals surface area (Å²) in [5.41, 5.74) is 0.511. The molecule has 0 aliphatic carbocycles. The predicted octanol–water partition coefficient (Wildman–Crippen LogP) is 1.57. The standard InChI is InChI=1S/C13H11FN2O2/c1-9-5-6-13(18)16(15-9)8-12(17)10-3-2-4-11(14)7-10/h2-7H,8H2,1H3. The molecule has 0 unspecified atom stereocenters. The van der Waals surface area contributed by atoms with Gasteiger partial charge in [0.1, 0.15) is 12.4 Å². The summed E-state index contributed by atoms with van der Waals surface area (Å²) in [6.07, 6.45) is 0. The quantitative estimate of drug-likeness (QED) is 0.772. The first-order valence-electron chi connectivity index (χ1n) is 5.40. The van der Waals surface area contributed by atoms with E-state index in [9.17, 15) is 14.0 Å². The normalized spacial score (nSPS) is 10.3. The number of hydrogen-bond donors (Lipinski definition) is 0. The Bertz CT molecular complexity index is 649. The Kier molecular flexibility index (Phi) is 3.32. The SMILES string of the molecule is Cc1ccc(=O)n(CC(=O)c2cccc(F)c2)n1. The highest BCUT2D eigenvalue weighted by Gasteiger charge is 2.09. The summed E-state index contributed by atoms with van der Waals surface area (Å²) in [6.45, 7) is 1.53. The van der Waals surface area contributed by atoms with Crippen LogP contribution in [0.4, 0.5) is 4.39 Å². The summed E-state index contributed by atoms with van der Waals surface area (Å²) in [6, 6.07) is 8.28. The summed E-state index contributed by atoms with van der Waals surface area (Å²) in [5.74, 6) is -0.833. The molecule has 92 valence electrons. The lowest BCUT2D eigenvalue weighted by atomic mass is 10.1. The van der Waals surface area contributed by atoms with E-state index >= 15 is 0 Å². The molecule has 0 N–H and O–H groups in total. The van der Waals surface area contributed by atoms with Gasteiger partial charge in [0, 0.05) is 11.6 Å². The number of carbonyl (C=O) groups is 1. The Morgan fingerprint density at radius 3 is 2.83 bits per heavy atom. The average Bonchev–Trinajstić information content (AvgIpc) is 2.34. The van der Waals surface area contributed by atoms with Crippen molar-refractivity contribution in [2.75, 3.05) is 0 Å². The summed E-state index contributed by atoms with van der Waals surface area (Å²) in [7, 11) is 0. The summed E-state index contributed by atoms with van der Waals surface area (Å²) in [5, 5.41) is 3.95. The first kappa shape index (κ1) is 12.2. The van der Waals surface area contributed by atoms with Gasteiger partial charge < -0.3 is 0 Å². The molecule has 0 radical (unpaired) electrons. The maximum absolute atomic E-state index is 13.0. The molecule has 0 saturated heterocycles. The minimum atomic E-state index is -0.481. The van der Waals surface area contributed by atoms with Crippen LogP contribution in [0.1, 0.15) is 16.1 Å². The summed E-state index contributed by atoms with van der Waals surface area (Å²) in [4.78, 5) is 23.3. The van der Waals surface area contributed by atoms with E-state index in [0.717, 1.165) is 10.7 Å². The van der Waals surface area contributed by atoms with E-state index in [2.05, 4.69) is 5.10 Å². The number of benzene rings is 1. The zero-order chi connectivity index (χ0) is 13.1. The van der Waals surface area contributed by atoms with Crippen molar-refractivity contribution >= 4 is 5.78 Å². The third-order valence-electron chi connectivity index (χ3n) is 2.44. The lowest BCUT2D eigenvalue weighted by molar-refractivity contribution is 0.0965. The third kappa shape index (κ3) is 2.68. The number of aromatic nitrogens is 2. The Balaban J connectivity index is 2.27. The molecule has 1 aromatic heterocycles. The largest absolute Gasteiger partial charge is 0.292 e. The molecule has 5 heteroatoms. The van der Waals surface area contributed by atoms with Crippen LogP contribution in [0.15, 0.2) is 41.2 Å². The van der Waals surface area contributed by atoms with Gasteiger partial charge in [0.15, 0.2) is 5.78 Å². The van der Waals surface area contributed by atoms with Gasteiger partial charge in [0.05, 0.1) is 5.69 Å². The van der Waals surface area contributed by atoms with Crippen molar-refractivity contribution in [1.29, 1.82) is 0 Å². The number of ketones is 1. The number of nitrogens with zero attached hydrogens (tertiary/aromatic N) is 2. The average molecular weight is 246 g/mol. The van der Waals surface area contributed by atoms with Crippen molar-refractivity contribution in [1.82, 2.24) is 9.78 Å². The van der Waals surface area contributed by atoms with Gasteiger partial charge in [-0.25, -0.2) is 9.07 Å². The van der Waals surface area contributed by atoms with Gasteiger partial charge in [-0.3, -0.25) is 9.59 Å². The van der Waals surface area contributed by atoms with Gasteiger partial charge in [0.25, 0.3) is 5.56 Å². The third-order valence-corrected chi connectivity index (χ3v) is 2.44. The fourth-order valence-electron chi connectivity index (χ4n) is 1.55. The van der Waals surface area contributed by atoms with Gasteiger partial charge in [-0.15, -0.1) is 0 Å². The monoisotopic (exact) mass is 246 g/mol. The zero-order valence-corrected chi connectivity index (χ0v) is 9.76. The number of carbonyl (C=O) groups excluding carboxylic acids is 1. The number of Topliss-reactive ketones (excluding diaryl/α,β-unsaturated/α-hetero) is 1. The van der Waals surface area contributed by atoms with Crippen molar-refractivity contribution in [2.45, 2.75) is 13.5 Å². The van der Waals surface area contributed by atoms with E-state index in [1.54, 1.807) is 13.0 Å². The maximum atomic E-state index is 13.0. The molecule has 0 fully saturated rings. The molecule has 0 saturated carbocycles. The van der Waals surface area contributed by atoms with Crippen LogP contribution in [0, 0.1) is 12.7 Å². The van der Waals surface area contributed by atoms with Crippen molar-refractivity contribution < 1.29 is 9.18 Å².